The smallest absolute Gasteiger partial charge is 0.407 e. The van der Waals surface area contributed by atoms with Gasteiger partial charge < -0.3 is 14.5 Å². The number of alkyl carbamates (subject to hydrolysis) is 1. The van der Waals surface area contributed by atoms with Gasteiger partial charge in [0.05, 0.1) is 12.2 Å². The summed E-state index contributed by atoms with van der Waals surface area (Å²) in [5, 5.41) is 2.77. The van der Waals surface area contributed by atoms with Gasteiger partial charge in [0, 0.05) is 18.7 Å². The summed E-state index contributed by atoms with van der Waals surface area (Å²) in [6, 6.07) is 9.87. The molecule has 0 aliphatic carbocycles. The molecule has 2 fully saturated rings. The second-order valence-corrected chi connectivity index (χ2v) is 6.25. The first-order chi connectivity index (χ1) is 11.2. The second-order valence-electron chi connectivity index (χ2n) is 6.25. The van der Waals surface area contributed by atoms with E-state index < -0.39 is 0 Å². The van der Waals surface area contributed by atoms with E-state index in [-0.39, 0.29) is 11.7 Å². The van der Waals surface area contributed by atoms with E-state index in [2.05, 4.69) is 15.2 Å². The van der Waals surface area contributed by atoms with E-state index in [0.29, 0.717) is 19.0 Å². The van der Waals surface area contributed by atoms with Gasteiger partial charge in [-0.1, -0.05) is 18.2 Å². The average molecular weight is 313 g/mol. The van der Waals surface area contributed by atoms with Gasteiger partial charge in [-0.25, -0.2) is 9.78 Å². The van der Waals surface area contributed by atoms with E-state index in [9.17, 15) is 4.79 Å². The van der Waals surface area contributed by atoms with Gasteiger partial charge in [0.25, 0.3) is 0 Å². The summed E-state index contributed by atoms with van der Waals surface area (Å²) >= 11 is 0. The zero-order valence-electron chi connectivity index (χ0n) is 12.8. The summed E-state index contributed by atoms with van der Waals surface area (Å²) < 4.78 is 11.1. The highest BCUT2D eigenvalue weighted by molar-refractivity contribution is 5.70. The third kappa shape index (κ3) is 2.94. The van der Waals surface area contributed by atoms with Crippen molar-refractivity contribution < 1.29 is 13.9 Å². The van der Waals surface area contributed by atoms with E-state index in [1.165, 1.54) is 0 Å². The van der Waals surface area contributed by atoms with E-state index in [0.717, 1.165) is 37.2 Å². The van der Waals surface area contributed by atoms with Gasteiger partial charge in [-0.2, -0.15) is 0 Å². The number of amides is 1. The highest BCUT2D eigenvalue weighted by atomic mass is 16.6. The molecule has 6 heteroatoms. The molecule has 0 radical (unpaired) electrons. The summed E-state index contributed by atoms with van der Waals surface area (Å²) in [6.45, 7) is 3.01. The van der Waals surface area contributed by atoms with Crippen LogP contribution in [0.4, 0.5) is 4.79 Å². The first kappa shape index (κ1) is 14.3. The fraction of sp³-hybridized carbons (Fsp3) is 0.412. The molecule has 1 aromatic carbocycles. The lowest BCUT2D eigenvalue weighted by atomic mass is 9.93. The molecule has 2 saturated heterocycles. The number of aromatic nitrogens is 1. The molecular weight excluding hydrogens is 294 g/mol. The van der Waals surface area contributed by atoms with Crippen LogP contribution < -0.4 is 5.32 Å². The largest absolute Gasteiger partial charge is 0.444 e. The van der Waals surface area contributed by atoms with Crippen LogP contribution in [0.5, 0.6) is 0 Å². The lowest BCUT2D eigenvalue weighted by Crippen LogP contribution is -2.50. The maximum absolute atomic E-state index is 11.4. The van der Waals surface area contributed by atoms with Gasteiger partial charge in [-0.3, -0.25) is 4.90 Å². The Hall–Kier alpha value is -2.34. The number of carbonyl (C=O) groups is 1. The molecule has 0 bridgehead atoms. The molecule has 0 saturated carbocycles. The Kier molecular flexibility index (Phi) is 3.53. The van der Waals surface area contributed by atoms with Crippen molar-refractivity contribution in [2.75, 3.05) is 19.6 Å². The molecule has 2 aliphatic heterocycles. The second kappa shape index (κ2) is 5.70. The van der Waals surface area contributed by atoms with Crippen LogP contribution >= 0.6 is 0 Å². The third-order valence-electron chi connectivity index (χ3n) is 4.44. The maximum Gasteiger partial charge on any atom is 0.407 e. The topological polar surface area (TPSA) is 67.6 Å². The number of nitrogens with one attached hydrogen (secondary N) is 1. The van der Waals surface area contributed by atoms with Gasteiger partial charge >= 0.3 is 6.09 Å². The summed E-state index contributed by atoms with van der Waals surface area (Å²) in [4.78, 5) is 18.2. The number of nitrogens with zero attached hydrogens (tertiary/aromatic N) is 2. The molecule has 1 spiro atoms. The number of likely N-dealkylation sites (tertiary alicyclic amines) is 1. The number of carbonyl (C=O) groups excluding carboxylic acids is 1. The van der Waals surface area contributed by atoms with Crippen LogP contribution in [-0.2, 0) is 11.3 Å². The lowest BCUT2D eigenvalue weighted by molar-refractivity contribution is -0.0114. The molecule has 1 amide bonds. The van der Waals surface area contributed by atoms with Crippen molar-refractivity contribution in [2.24, 2.45) is 0 Å². The summed E-state index contributed by atoms with van der Waals surface area (Å²) in [7, 11) is 0. The zero-order chi connectivity index (χ0) is 15.7. The summed E-state index contributed by atoms with van der Waals surface area (Å²) in [6.07, 6.45) is 3.33. The third-order valence-corrected chi connectivity index (χ3v) is 4.44. The Morgan fingerprint density at radius 3 is 2.96 bits per heavy atom. The molecule has 4 rings (SSSR count). The van der Waals surface area contributed by atoms with Crippen molar-refractivity contribution >= 4 is 6.09 Å². The van der Waals surface area contributed by atoms with Crippen LogP contribution in [0.25, 0.3) is 11.5 Å². The quantitative estimate of drug-likeness (QED) is 0.942. The number of rotatable bonds is 3. The van der Waals surface area contributed by atoms with Crippen molar-refractivity contribution in [1.29, 1.82) is 0 Å². The standard InChI is InChI=1S/C17H19N3O3/c21-16-18-11-17(23-16)7-4-8-20(12-17)9-14-10-22-15(19-14)13-5-2-1-3-6-13/h1-3,5-6,10H,4,7-9,11-12H2,(H,18,21). The minimum Gasteiger partial charge on any atom is -0.444 e. The van der Waals surface area contributed by atoms with E-state index >= 15 is 0 Å². The van der Waals surface area contributed by atoms with E-state index in [1.54, 1.807) is 6.26 Å². The van der Waals surface area contributed by atoms with Gasteiger partial charge in [0.2, 0.25) is 5.89 Å². The number of hydrogen-bond donors (Lipinski definition) is 1. The molecular formula is C17H19N3O3. The molecule has 6 nitrogen and oxygen atoms in total. The Bertz CT molecular complexity index is 700. The SMILES string of the molecule is O=C1NCC2(CCCN(Cc3coc(-c4ccccc4)n3)C2)O1. The van der Waals surface area contributed by atoms with Crippen LogP contribution in [0.3, 0.4) is 0 Å². The van der Waals surface area contributed by atoms with Crippen molar-refractivity contribution in [1.82, 2.24) is 15.2 Å². The van der Waals surface area contributed by atoms with Crippen LogP contribution in [-0.4, -0.2) is 41.2 Å². The van der Waals surface area contributed by atoms with Crippen LogP contribution in [0.2, 0.25) is 0 Å². The van der Waals surface area contributed by atoms with Gasteiger partial charge in [0.1, 0.15) is 11.9 Å². The van der Waals surface area contributed by atoms with Crippen LogP contribution in [0, 0.1) is 0 Å². The zero-order valence-corrected chi connectivity index (χ0v) is 12.8. The molecule has 1 aromatic heterocycles. The maximum atomic E-state index is 11.4. The van der Waals surface area contributed by atoms with Gasteiger partial charge in [0.15, 0.2) is 0 Å². The summed E-state index contributed by atoms with van der Waals surface area (Å²) in [5.41, 5.74) is 1.50. The van der Waals surface area contributed by atoms with Crippen molar-refractivity contribution in [2.45, 2.75) is 25.0 Å². The van der Waals surface area contributed by atoms with Crippen molar-refractivity contribution in [3.8, 4) is 11.5 Å². The first-order valence-corrected chi connectivity index (χ1v) is 7.92. The predicted octanol–water partition coefficient (Wildman–Crippen LogP) is 2.42. The normalized spacial score (nSPS) is 24.6. The molecule has 23 heavy (non-hydrogen) atoms. The molecule has 1 unspecified atom stereocenters. The monoisotopic (exact) mass is 313 g/mol. The number of hydrogen-bond acceptors (Lipinski definition) is 5. The lowest BCUT2D eigenvalue weighted by Gasteiger charge is -2.37. The number of benzene rings is 1. The van der Waals surface area contributed by atoms with Crippen molar-refractivity contribution in [3.05, 3.63) is 42.3 Å². The molecule has 1 atom stereocenters. The van der Waals surface area contributed by atoms with E-state index in [4.69, 9.17) is 9.15 Å². The minimum atomic E-state index is -0.374. The van der Waals surface area contributed by atoms with Gasteiger partial charge in [-0.05, 0) is 31.5 Å². The average Bonchev–Trinajstić information content (AvgIpc) is 3.16. The fourth-order valence-corrected chi connectivity index (χ4v) is 3.38. The molecule has 120 valence electrons. The number of ether oxygens (including phenoxy) is 1. The van der Waals surface area contributed by atoms with Crippen LogP contribution in [0.1, 0.15) is 18.5 Å². The predicted molar refractivity (Wildman–Crippen MR) is 83.7 cm³/mol. The first-order valence-electron chi connectivity index (χ1n) is 7.92. The Morgan fingerprint density at radius 1 is 1.30 bits per heavy atom. The van der Waals surface area contributed by atoms with Gasteiger partial charge in [-0.15, -0.1) is 0 Å². The summed E-state index contributed by atoms with van der Waals surface area (Å²) in [5.74, 6) is 0.640. The number of oxazole rings is 1. The Balaban J connectivity index is 1.44. The van der Waals surface area contributed by atoms with Crippen LogP contribution in [0.15, 0.2) is 41.0 Å². The highest BCUT2D eigenvalue weighted by Gasteiger charge is 2.43. The minimum absolute atomic E-state index is 0.306. The Morgan fingerprint density at radius 2 is 2.17 bits per heavy atom. The van der Waals surface area contributed by atoms with E-state index in [1.807, 2.05) is 30.3 Å². The van der Waals surface area contributed by atoms with Crippen molar-refractivity contribution in [3.63, 3.8) is 0 Å². The highest BCUT2D eigenvalue weighted by Crippen LogP contribution is 2.29. The molecule has 2 aromatic rings. The fourth-order valence-electron chi connectivity index (χ4n) is 3.38. The molecule has 3 heterocycles. The Labute approximate surface area is 134 Å². The number of piperidine rings is 1. The molecule has 2 aliphatic rings. The molecule has 1 N–H and O–H groups in total.